The summed E-state index contributed by atoms with van der Waals surface area (Å²) >= 11 is 0. The van der Waals surface area contributed by atoms with Crippen molar-refractivity contribution in [2.75, 3.05) is 0 Å². The zero-order chi connectivity index (χ0) is 6.69. The monoisotopic (exact) mass is 127 g/mol. The van der Waals surface area contributed by atoms with E-state index < -0.39 is 6.17 Å². The molecular weight excluding hydrogens is 117 g/mol. The van der Waals surface area contributed by atoms with E-state index in [1.807, 2.05) is 0 Å². The highest BCUT2D eigenvalue weighted by atomic mass is 19.1. The van der Waals surface area contributed by atoms with Crippen molar-refractivity contribution in [2.45, 2.75) is 31.9 Å². The molecule has 0 radical (unpaired) electrons. The van der Waals surface area contributed by atoms with Crippen LogP contribution in [0.2, 0.25) is 0 Å². The predicted octanol–water partition coefficient (Wildman–Crippen LogP) is 2.04. The van der Waals surface area contributed by atoms with Crippen molar-refractivity contribution >= 4 is 0 Å². The Morgan fingerprint density at radius 2 is 2.33 bits per heavy atom. The molecule has 1 nitrogen and oxygen atoms in total. The molecule has 0 aromatic rings. The van der Waals surface area contributed by atoms with E-state index in [0.717, 1.165) is 6.42 Å². The number of nitriles is 1. The lowest BCUT2D eigenvalue weighted by atomic mass is 10.1. The van der Waals surface area contributed by atoms with Gasteiger partial charge >= 0.3 is 0 Å². The Balaban J connectivity index is 2.24. The van der Waals surface area contributed by atoms with Crippen LogP contribution in [0.15, 0.2) is 0 Å². The molecule has 9 heavy (non-hydrogen) atoms. The molecule has 50 valence electrons. The second kappa shape index (κ2) is 2.82. The van der Waals surface area contributed by atoms with Crippen molar-refractivity contribution < 1.29 is 4.39 Å². The Kier molecular flexibility index (Phi) is 2.05. The van der Waals surface area contributed by atoms with E-state index in [9.17, 15) is 4.39 Å². The van der Waals surface area contributed by atoms with Gasteiger partial charge in [0, 0.05) is 6.42 Å². The maximum atomic E-state index is 12.4. The van der Waals surface area contributed by atoms with Gasteiger partial charge in [-0.2, -0.15) is 5.26 Å². The van der Waals surface area contributed by atoms with Crippen molar-refractivity contribution in [1.29, 1.82) is 5.26 Å². The first kappa shape index (κ1) is 6.54. The molecule has 0 heterocycles. The summed E-state index contributed by atoms with van der Waals surface area (Å²) < 4.78 is 12.4. The van der Waals surface area contributed by atoms with Gasteiger partial charge in [0.2, 0.25) is 0 Å². The first-order valence-electron chi connectivity index (χ1n) is 3.34. The fourth-order valence-corrected chi connectivity index (χ4v) is 1.33. The Hall–Kier alpha value is -0.580. The standard InChI is InChI=1S/C7H10FN/c8-7-2-1-6(5-7)3-4-9/h6-7H,1-3,5H2. The summed E-state index contributed by atoms with van der Waals surface area (Å²) in [5, 5.41) is 8.24. The third-order valence-electron chi connectivity index (χ3n) is 1.86. The minimum atomic E-state index is -0.622. The van der Waals surface area contributed by atoms with E-state index in [-0.39, 0.29) is 0 Å². The molecule has 0 N–H and O–H groups in total. The third-order valence-corrected chi connectivity index (χ3v) is 1.86. The van der Waals surface area contributed by atoms with E-state index in [1.165, 1.54) is 0 Å². The van der Waals surface area contributed by atoms with E-state index in [2.05, 4.69) is 6.07 Å². The van der Waals surface area contributed by atoms with Crippen LogP contribution in [0.3, 0.4) is 0 Å². The zero-order valence-corrected chi connectivity index (χ0v) is 5.31. The molecule has 1 rings (SSSR count). The van der Waals surface area contributed by atoms with Crippen molar-refractivity contribution in [2.24, 2.45) is 5.92 Å². The van der Waals surface area contributed by atoms with Crippen LogP contribution in [0.5, 0.6) is 0 Å². The van der Waals surface area contributed by atoms with Gasteiger partial charge in [-0.3, -0.25) is 0 Å². The van der Waals surface area contributed by atoms with Crippen LogP contribution in [-0.4, -0.2) is 6.17 Å². The van der Waals surface area contributed by atoms with Gasteiger partial charge in [-0.15, -0.1) is 0 Å². The summed E-state index contributed by atoms with van der Waals surface area (Å²) in [6.45, 7) is 0. The summed E-state index contributed by atoms with van der Waals surface area (Å²) in [5.74, 6) is 0.352. The molecule has 0 aliphatic heterocycles. The van der Waals surface area contributed by atoms with Crippen molar-refractivity contribution in [3.8, 4) is 6.07 Å². The van der Waals surface area contributed by atoms with Gasteiger partial charge in [0.25, 0.3) is 0 Å². The van der Waals surface area contributed by atoms with Gasteiger partial charge < -0.3 is 0 Å². The summed E-state index contributed by atoms with van der Waals surface area (Å²) in [7, 11) is 0. The number of hydrogen-bond donors (Lipinski definition) is 0. The number of hydrogen-bond acceptors (Lipinski definition) is 1. The molecule has 0 amide bonds. The van der Waals surface area contributed by atoms with Gasteiger partial charge in [-0.25, -0.2) is 4.39 Å². The number of alkyl halides is 1. The van der Waals surface area contributed by atoms with Crippen LogP contribution in [-0.2, 0) is 0 Å². The molecule has 0 aromatic carbocycles. The van der Waals surface area contributed by atoms with Crippen molar-refractivity contribution in [3.63, 3.8) is 0 Å². The average Bonchev–Trinajstić information content (AvgIpc) is 2.17. The predicted molar refractivity (Wildman–Crippen MR) is 32.5 cm³/mol. The van der Waals surface area contributed by atoms with E-state index in [0.29, 0.717) is 25.2 Å². The van der Waals surface area contributed by atoms with Gasteiger partial charge in [0.1, 0.15) is 6.17 Å². The van der Waals surface area contributed by atoms with Crippen LogP contribution in [0.1, 0.15) is 25.7 Å². The molecule has 0 saturated heterocycles. The fraction of sp³-hybridized carbons (Fsp3) is 0.857. The number of rotatable bonds is 1. The number of halogens is 1. The minimum Gasteiger partial charge on any atom is -0.247 e. The topological polar surface area (TPSA) is 23.8 Å². The molecule has 0 bridgehead atoms. The first-order valence-corrected chi connectivity index (χ1v) is 3.34. The molecule has 2 atom stereocenters. The summed E-state index contributed by atoms with van der Waals surface area (Å²) in [6, 6.07) is 2.06. The van der Waals surface area contributed by atoms with Gasteiger partial charge in [0.05, 0.1) is 6.07 Å². The highest BCUT2D eigenvalue weighted by Gasteiger charge is 2.23. The van der Waals surface area contributed by atoms with Crippen molar-refractivity contribution in [1.82, 2.24) is 0 Å². The smallest absolute Gasteiger partial charge is 0.100 e. The van der Waals surface area contributed by atoms with Crippen LogP contribution in [0.25, 0.3) is 0 Å². The molecule has 1 aliphatic rings. The molecule has 1 fully saturated rings. The lowest BCUT2D eigenvalue weighted by molar-refractivity contribution is 0.331. The van der Waals surface area contributed by atoms with Crippen LogP contribution >= 0.6 is 0 Å². The molecule has 0 aromatic heterocycles. The average molecular weight is 127 g/mol. The van der Waals surface area contributed by atoms with Gasteiger partial charge in [0.15, 0.2) is 0 Å². The lowest BCUT2D eigenvalue weighted by Gasteiger charge is -1.98. The summed E-state index contributed by atoms with van der Waals surface area (Å²) in [6.07, 6.45) is 2.12. The molecule has 1 saturated carbocycles. The largest absolute Gasteiger partial charge is 0.247 e. The minimum absolute atomic E-state index is 0.352. The Bertz CT molecular complexity index is 127. The summed E-state index contributed by atoms with van der Waals surface area (Å²) in [4.78, 5) is 0. The second-order valence-corrected chi connectivity index (χ2v) is 2.64. The van der Waals surface area contributed by atoms with Crippen LogP contribution in [0, 0.1) is 17.2 Å². The normalized spacial score (nSPS) is 34.2. The third kappa shape index (κ3) is 1.67. The lowest BCUT2D eigenvalue weighted by Crippen LogP contribution is -1.93. The van der Waals surface area contributed by atoms with Crippen LogP contribution in [0.4, 0.5) is 4.39 Å². The molecular formula is C7H10FN. The molecule has 1 aliphatic carbocycles. The molecule has 0 spiro atoms. The van der Waals surface area contributed by atoms with Crippen molar-refractivity contribution in [3.05, 3.63) is 0 Å². The maximum absolute atomic E-state index is 12.4. The maximum Gasteiger partial charge on any atom is 0.100 e. The highest BCUT2D eigenvalue weighted by Crippen LogP contribution is 2.29. The Morgan fingerprint density at radius 1 is 1.56 bits per heavy atom. The highest BCUT2D eigenvalue weighted by molar-refractivity contribution is 4.82. The molecule has 2 unspecified atom stereocenters. The van der Waals surface area contributed by atoms with E-state index >= 15 is 0 Å². The quantitative estimate of drug-likeness (QED) is 0.528. The first-order chi connectivity index (χ1) is 4.33. The fourth-order valence-electron chi connectivity index (χ4n) is 1.33. The number of nitrogens with zero attached hydrogens (tertiary/aromatic N) is 1. The van der Waals surface area contributed by atoms with E-state index in [4.69, 9.17) is 5.26 Å². The van der Waals surface area contributed by atoms with Crippen LogP contribution < -0.4 is 0 Å². The summed E-state index contributed by atoms with van der Waals surface area (Å²) in [5.41, 5.74) is 0. The van der Waals surface area contributed by atoms with E-state index in [1.54, 1.807) is 0 Å². The SMILES string of the molecule is N#CCC1CCC(F)C1. The Morgan fingerprint density at radius 3 is 2.78 bits per heavy atom. The van der Waals surface area contributed by atoms with Gasteiger partial charge in [-0.1, -0.05) is 0 Å². The molecule has 2 heteroatoms. The Labute approximate surface area is 54.5 Å². The van der Waals surface area contributed by atoms with Gasteiger partial charge in [-0.05, 0) is 25.2 Å². The zero-order valence-electron chi connectivity index (χ0n) is 5.31. The second-order valence-electron chi connectivity index (χ2n) is 2.64.